The zero-order chi connectivity index (χ0) is 22.8. The summed E-state index contributed by atoms with van der Waals surface area (Å²) in [6.45, 7) is 2.02. The van der Waals surface area contributed by atoms with Gasteiger partial charge >= 0.3 is 6.18 Å². The lowest BCUT2D eigenvalue weighted by atomic mass is 10.1. The number of rotatable bonds is 7. The Morgan fingerprint density at radius 3 is 2.52 bits per heavy atom. The number of nitrogens with zero attached hydrogens (tertiary/aromatic N) is 4. The van der Waals surface area contributed by atoms with E-state index in [1.54, 1.807) is 31.1 Å². The van der Waals surface area contributed by atoms with E-state index in [2.05, 4.69) is 24.5 Å². The van der Waals surface area contributed by atoms with Crippen LogP contribution in [0.25, 0.3) is 11.3 Å². The van der Waals surface area contributed by atoms with Crippen molar-refractivity contribution < 1.29 is 21.6 Å². The summed E-state index contributed by atoms with van der Waals surface area (Å²) in [6.07, 6.45) is 0.00482. The van der Waals surface area contributed by atoms with Crippen LogP contribution in [0.1, 0.15) is 12.5 Å². The number of pyridine rings is 1. The van der Waals surface area contributed by atoms with Crippen LogP contribution >= 0.6 is 9.24 Å². The van der Waals surface area contributed by atoms with Gasteiger partial charge in [0.25, 0.3) is 0 Å². The highest BCUT2D eigenvalue weighted by Gasteiger charge is 2.31. The largest absolute Gasteiger partial charge is 0.416 e. The highest BCUT2D eigenvalue weighted by Crippen LogP contribution is 2.34. The SMILES string of the molecule is CCN(CP)S(=O)(=O)c1ccc(Nc2cc(C(F)(F)F)ccn2)c(-c2cn(C)cn2)c1. The second-order valence-corrected chi connectivity index (χ2v) is 8.94. The molecular formula is C19H21F3N5O2PS. The minimum Gasteiger partial charge on any atom is -0.340 e. The minimum atomic E-state index is -4.51. The van der Waals surface area contributed by atoms with Crippen LogP contribution in [-0.4, -0.2) is 40.1 Å². The molecule has 0 bridgehead atoms. The Kier molecular flexibility index (Phi) is 6.68. The average Bonchev–Trinajstić information content (AvgIpc) is 3.14. The Morgan fingerprint density at radius 1 is 1.19 bits per heavy atom. The van der Waals surface area contributed by atoms with Gasteiger partial charge in [-0.15, -0.1) is 9.24 Å². The van der Waals surface area contributed by atoms with Gasteiger partial charge in [-0.3, -0.25) is 0 Å². The van der Waals surface area contributed by atoms with Crippen molar-refractivity contribution in [3.8, 4) is 11.3 Å². The van der Waals surface area contributed by atoms with E-state index in [0.717, 1.165) is 18.3 Å². The van der Waals surface area contributed by atoms with E-state index in [1.165, 1.54) is 22.5 Å². The monoisotopic (exact) mass is 471 g/mol. The first kappa shape index (κ1) is 23.2. The molecule has 0 fully saturated rings. The standard InChI is InChI=1S/C19H21F3N5O2PS/c1-3-27(12-30)31(28,29)14-4-5-16(15(9-14)17-10-26(2)11-24-17)25-18-8-13(6-7-23-18)19(20,21)22/h4-11H,3,12,30H2,1-2H3,(H,23,25). The number of benzene rings is 1. The van der Waals surface area contributed by atoms with Crippen LogP contribution in [0.15, 0.2) is 53.9 Å². The predicted octanol–water partition coefficient (Wildman–Crippen LogP) is 4.09. The number of nitrogens with one attached hydrogen (secondary N) is 1. The minimum absolute atomic E-state index is 0.0252. The molecule has 166 valence electrons. The lowest BCUT2D eigenvalue weighted by Crippen LogP contribution is -2.29. The Labute approximate surface area is 180 Å². The van der Waals surface area contributed by atoms with E-state index in [4.69, 9.17) is 0 Å². The van der Waals surface area contributed by atoms with Gasteiger partial charge in [0.15, 0.2) is 0 Å². The number of hydrogen-bond donors (Lipinski definition) is 1. The van der Waals surface area contributed by atoms with Crippen LogP contribution in [0.2, 0.25) is 0 Å². The van der Waals surface area contributed by atoms with Crippen molar-refractivity contribution in [2.75, 3.05) is 18.1 Å². The first-order valence-corrected chi connectivity index (χ1v) is 11.4. The average molecular weight is 471 g/mol. The molecule has 0 aliphatic heterocycles. The lowest BCUT2D eigenvalue weighted by Gasteiger charge is -2.19. The molecule has 0 aliphatic carbocycles. The highest BCUT2D eigenvalue weighted by atomic mass is 32.2. The molecule has 7 nitrogen and oxygen atoms in total. The van der Waals surface area contributed by atoms with Gasteiger partial charge < -0.3 is 9.88 Å². The van der Waals surface area contributed by atoms with Gasteiger partial charge in [-0.05, 0) is 30.3 Å². The zero-order valence-electron chi connectivity index (χ0n) is 16.8. The summed E-state index contributed by atoms with van der Waals surface area (Å²) in [5, 5.41) is 2.86. The van der Waals surface area contributed by atoms with Crippen molar-refractivity contribution in [2.24, 2.45) is 7.05 Å². The fraction of sp³-hybridized carbons (Fsp3) is 0.263. The van der Waals surface area contributed by atoms with E-state index in [1.807, 2.05) is 0 Å². The molecule has 2 aromatic heterocycles. The van der Waals surface area contributed by atoms with Gasteiger partial charge in [-0.2, -0.15) is 17.5 Å². The maximum atomic E-state index is 13.0. The summed E-state index contributed by atoms with van der Waals surface area (Å²) in [6, 6.07) is 6.12. The first-order chi connectivity index (χ1) is 14.6. The van der Waals surface area contributed by atoms with Gasteiger partial charge in [0.1, 0.15) is 5.82 Å². The van der Waals surface area contributed by atoms with Gasteiger partial charge in [0.05, 0.1) is 22.5 Å². The van der Waals surface area contributed by atoms with Crippen molar-refractivity contribution in [3.63, 3.8) is 0 Å². The molecule has 0 spiro atoms. The molecule has 1 N–H and O–H groups in total. The summed E-state index contributed by atoms with van der Waals surface area (Å²) in [5.74, 6) is -0.0252. The smallest absolute Gasteiger partial charge is 0.340 e. The molecule has 1 unspecified atom stereocenters. The number of anilines is 2. The molecule has 1 aromatic carbocycles. The second kappa shape index (κ2) is 8.94. The van der Waals surface area contributed by atoms with Crippen molar-refractivity contribution in [1.82, 2.24) is 18.8 Å². The second-order valence-electron chi connectivity index (χ2n) is 6.64. The summed E-state index contributed by atoms with van der Waals surface area (Å²) in [4.78, 5) is 8.27. The van der Waals surface area contributed by atoms with Crippen LogP contribution in [0.4, 0.5) is 24.7 Å². The third-order valence-electron chi connectivity index (χ3n) is 4.52. The molecule has 12 heteroatoms. The molecule has 3 aromatic rings. The molecule has 31 heavy (non-hydrogen) atoms. The summed E-state index contributed by atoms with van der Waals surface area (Å²) in [5.41, 5.74) is 0.407. The molecule has 0 aliphatic rings. The topological polar surface area (TPSA) is 80.1 Å². The van der Waals surface area contributed by atoms with Crippen molar-refractivity contribution >= 4 is 30.8 Å². The number of imidazole rings is 1. The predicted molar refractivity (Wildman–Crippen MR) is 115 cm³/mol. The molecule has 0 saturated heterocycles. The molecule has 2 heterocycles. The fourth-order valence-electron chi connectivity index (χ4n) is 2.92. The zero-order valence-corrected chi connectivity index (χ0v) is 18.7. The van der Waals surface area contributed by atoms with Crippen molar-refractivity contribution in [3.05, 3.63) is 54.6 Å². The summed E-state index contributed by atoms with van der Waals surface area (Å²) < 4.78 is 68.0. The van der Waals surface area contributed by atoms with E-state index in [0.29, 0.717) is 23.5 Å². The molecule has 0 amide bonds. The number of aryl methyl sites for hydroxylation is 1. The summed E-state index contributed by atoms with van der Waals surface area (Å²) in [7, 11) is 0.382. The van der Waals surface area contributed by atoms with Crippen molar-refractivity contribution in [1.29, 1.82) is 0 Å². The highest BCUT2D eigenvalue weighted by molar-refractivity contribution is 7.89. The van der Waals surface area contributed by atoms with Crippen LogP contribution < -0.4 is 5.32 Å². The van der Waals surface area contributed by atoms with E-state index < -0.39 is 21.8 Å². The third kappa shape index (κ3) is 5.06. The van der Waals surface area contributed by atoms with E-state index in [9.17, 15) is 21.6 Å². The Bertz CT molecular complexity index is 1180. The normalized spacial score (nSPS) is 12.4. The maximum Gasteiger partial charge on any atom is 0.416 e. The van der Waals surface area contributed by atoms with E-state index in [-0.39, 0.29) is 17.0 Å². The Morgan fingerprint density at radius 2 is 1.94 bits per heavy atom. The number of halogens is 3. The molecule has 1 atom stereocenters. The number of alkyl halides is 3. The number of aromatic nitrogens is 3. The van der Waals surface area contributed by atoms with Gasteiger partial charge in [-0.1, -0.05) is 6.92 Å². The quantitative estimate of drug-likeness (QED) is 0.525. The first-order valence-electron chi connectivity index (χ1n) is 9.19. The van der Waals surface area contributed by atoms with Gasteiger partial charge in [-0.25, -0.2) is 18.4 Å². The summed E-state index contributed by atoms with van der Waals surface area (Å²) >= 11 is 0. The van der Waals surface area contributed by atoms with Crippen LogP contribution in [-0.2, 0) is 23.2 Å². The van der Waals surface area contributed by atoms with Crippen LogP contribution in [0.3, 0.4) is 0 Å². The fourth-order valence-corrected chi connectivity index (χ4v) is 5.10. The number of sulfonamides is 1. The van der Waals surface area contributed by atoms with Crippen LogP contribution in [0.5, 0.6) is 0 Å². The van der Waals surface area contributed by atoms with Gasteiger partial charge in [0.2, 0.25) is 10.0 Å². The Balaban J connectivity index is 2.09. The van der Waals surface area contributed by atoms with Crippen LogP contribution in [0, 0.1) is 0 Å². The van der Waals surface area contributed by atoms with E-state index >= 15 is 0 Å². The molecule has 3 rings (SSSR count). The molecular weight excluding hydrogens is 450 g/mol. The number of hydrogen-bond acceptors (Lipinski definition) is 5. The molecule has 0 saturated carbocycles. The maximum absolute atomic E-state index is 13.0. The van der Waals surface area contributed by atoms with Gasteiger partial charge in [0, 0.05) is 43.5 Å². The van der Waals surface area contributed by atoms with Crippen molar-refractivity contribution in [2.45, 2.75) is 18.0 Å². The molecule has 0 radical (unpaired) electrons. The lowest BCUT2D eigenvalue weighted by molar-refractivity contribution is -0.137. The third-order valence-corrected chi connectivity index (χ3v) is 7.16. The Hall–Kier alpha value is -2.49.